The van der Waals surface area contributed by atoms with Gasteiger partial charge in [-0.25, -0.2) is 9.48 Å². The summed E-state index contributed by atoms with van der Waals surface area (Å²) in [7, 11) is 0. The van der Waals surface area contributed by atoms with Gasteiger partial charge in [0.25, 0.3) is 5.91 Å². The van der Waals surface area contributed by atoms with E-state index in [0.29, 0.717) is 12.8 Å². The van der Waals surface area contributed by atoms with Gasteiger partial charge in [0, 0.05) is 6.42 Å². The Morgan fingerprint density at radius 3 is 2.13 bits per heavy atom. The third-order valence-corrected chi connectivity index (χ3v) is 4.68. The number of benzene rings is 2. The lowest BCUT2D eigenvalue weighted by Crippen LogP contribution is -2.43. The van der Waals surface area contributed by atoms with E-state index in [4.69, 9.17) is 4.74 Å². The van der Waals surface area contributed by atoms with Crippen molar-refractivity contribution in [1.29, 1.82) is 0 Å². The van der Waals surface area contributed by atoms with Gasteiger partial charge >= 0.3 is 5.97 Å². The minimum absolute atomic E-state index is 0.181. The summed E-state index contributed by atoms with van der Waals surface area (Å²) in [6.07, 6.45) is 1.98. The summed E-state index contributed by atoms with van der Waals surface area (Å²) in [4.78, 5) is 36.9. The molecule has 2 aromatic carbocycles. The number of amides is 1. The lowest BCUT2D eigenvalue weighted by molar-refractivity contribution is -0.152. The first-order valence-corrected chi connectivity index (χ1v) is 9.79. The molecule has 3 rings (SSSR count). The molecule has 0 radical (unpaired) electrons. The van der Waals surface area contributed by atoms with Gasteiger partial charge in [-0.3, -0.25) is 9.59 Å². The number of esters is 1. The zero-order valence-electron chi connectivity index (χ0n) is 17.0. The Bertz CT molecular complexity index is 993. The van der Waals surface area contributed by atoms with Crippen molar-refractivity contribution in [2.45, 2.75) is 31.8 Å². The first kappa shape index (κ1) is 21.8. The van der Waals surface area contributed by atoms with E-state index in [9.17, 15) is 14.4 Å². The maximum atomic E-state index is 12.7. The molecule has 0 aliphatic heterocycles. The van der Waals surface area contributed by atoms with E-state index < -0.39 is 30.6 Å². The van der Waals surface area contributed by atoms with Crippen molar-refractivity contribution in [3.8, 4) is 0 Å². The van der Waals surface area contributed by atoms with E-state index in [1.54, 1.807) is 0 Å². The predicted octanol–water partition coefficient (Wildman–Crippen LogP) is 1.32. The van der Waals surface area contributed by atoms with Crippen LogP contribution in [0.2, 0.25) is 0 Å². The first-order chi connectivity index (χ1) is 15.0. The Kier molecular flexibility index (Phi) is 7.58. The summed E-state index contributed by atoms with van der Waals surface area (Å²) < 4.78 is 6.51. The smallest absolute Gasteiger partial charge is 0.331 e. The zero-order valence-corrected chi connectivity index (χ0v) is 17.0. The Morgan fingerprint density at radius 1 is 0.968 bits per heavy atom. The van der Waals surface area contributed by atoms with Gasteiger partial charge in [-0.15, -0.1) is 5.10 Å². The molecule has 160 valence electrons. The molecule has 0 fully saturated rings. The molecular formula is C22H23N5O4. The Morgan fingerprint density at radius 2 is 1.58 bits per heavy atom. The minimum Gasteiger partial charge on any atom is -0.454 e. The van der Waals surface area contributed by atoms with Gasteiger partial charge in [0.05, 0.1) is 6.04 Å². The number of Topliss-reactive ketones (excluding diaryl/α,β-unsaturated/α-hetero) is 1. The van der Waals surface area contributed by atoms with Gasteiger partial charge in [-0.2, -0.15) is 0 Å². The molecule has 1 aromatic heterocycles. The number of carbonyl (C=O) groups excluding carboxylic acids is 3. The monoisotopic (exact) mass is 421 g/mol. The van der Waals surface area contributed by atoms with Crippen molar-refractivity contribution < 1.29 is 19.1 Å². The fourth-order valence-corrected chi connectivity index (χ4v) is 3.05. The molecule has 0 bridgehead atoms. The molecule has 1 N–H and O–H groups in total. The molecule has 9 nitrogen and oxygen atoms in total. The summed E-state index contributed by atoms with van der Waals surface area (Å²) in [5, 5.41) is 13.6. The van der Waals surface area contributed by atoms with Crippen molar-refractivity contribution in [1.82, 2.24) is 25.5 Å². The van der Waals surface area contributed by atoms with Crippen molar-refractivity contribution >= 4 is 17.7 Å². The molecule has 9 heteroatoms. The zero-order chi connectivity index (χ0) is 22.1. The molecule has 0 aliphatic carbocycles. The van der Waals surface area contributed by atoms with Crippen LogP contribution in [-0.4, -0.2) is 50.5 Å². The molecule has 0 saturated carbocycles. The SMILES string of the molecule is CC(=O)[C@H](Cc1ccccc1)NC(=O)COC(=O)[C@H](Cc1ccccc1)n1cnnn1. The van der Waals surface area contributed by atoms with Crippen LogP contribution in [0, 0.1) is 0 Å². The number of hydrogen-bond donors (Lipinski definition) is 1. The van der Waals surface area contributed by atoms with E-state index in [-0.39, 0.29) is 5.78 Å². The van der Waals surface area contributed by atoms with Crippen LogP contribution in [0.15, 0.2) is 67.0 Å². The second-order valence-electron chi connectivity index (χ2n) is 7.02. The van der Waals surface area contributed by atoms with E-state index in [1.807, 2.05) is 60.7 Å². The van der Waals surface area contributed by atoms with Crippen molar-refractivity contribution in [3.05, 3.63) is 78.1 Å². The Hall–Kier alpha value is -3.88. The van der Waals surface area contributed by atoms with Gasteiger partial charge in [0.2, 0.25) is 0 Å². The van der Waals surface area contributed by atoms with Crippen LogP contribution in [0.25, 0.3) is 0 Å². The third kappa shape index (κ3) is 6.56. The highest BCUT2D eigenvalue weighted by Crippen LogP contribution is 2.15. The summed E-state index contributed by atoms with van der Waals surface area (Å²) in [6, 6.07) is 17.2. The van der Waals surface area contributed by atoms with E-state index >= 15 is 0 Å². The normalized spacial score (nSPS) is 12.5. The molecule has 1 heterocycles. The van der Waals surface area contributed by atoms with E-state index in [1.165, 1.54) is 17.9 Å². The maximum Gasteiger partial charge on any atom is 0.331 e. The van der Waals surface area contributed by atoms with Crippen LogP contribution in [0.3, 0.4) is 0 Å². The molecule has 3 aromatic rings. The van der Waals surface area contributed by atoms with Crippen LogP contribution in [0.5, 0.6) is 0 Å². The average Bonchev–Trinajstić information content (AvgIpc) is 3.31. The first-order valence-electron chi connectivity index (χ1n) is 9.79. The van der Waals surface area contributed by atoms with Crippen LogP contribution < -0.4 is 5.32 Å². The number of aromatic nitrogens is 4. The highest BCUT2D eigenvalue weighted by atomic mass is 16.5. The maximum absolute atomic E-state index is 12.7. The highest BCUT2D eigenvalue weighted by molar-refractivity contribution is 5.89. The van der Waals surface area contributed by atoms with Gasteiger partial charge in [0.1, 0.15) is 6.33 Å². The number of rotatable bonds is 10. The predicted molar refractivity (Wildman–Crippen MR) is 111 cm³/mol. The highest BCUT2D eigenvalue weighted by Gasteiger charge is 2.25. The largest absolute Gasteiger partial charge is 0.454 e. The van der Waals surface area contributed by atoms with Gasteiger partial charge in [-0.05, 0) is 34.9 Å². The number of nitrogens with one attached hydrogen (secondary N) is 1. The number of carbonyl (C=O) groups is 3. The van der Waals surface area contributed by atoms with Gasteiger partial charge < -0.3 is 10.1 Å². The second kappa shape index (κ2) is 10.8. The number of hydrogen-bond acceptors (Lipinski definition) is 7. The van der Waals surface area contributed by atoms with Crippen LogP contribution in [-0.2, 0) is 32.0 Å². The summed E-state index contributed by atoms with van der Waals surface area (Å²) in [5.41, 5.74) is 1.81. The quantitative estimate of drug-likeness (QED) is 0.491. The van der Waals surface area contributed by atoms with Crippen LogP contribution in [0.4, 0.5) is 0 Å². The van der Waals surface area contributed by atoms with Crippen molar-refractivity contribution in [2.75, 3.05) is 6.61 Å². The fraction of sp³-hybridized carbons (Fsp3) is 0.273. The molecular weight excluding hydrogens is 398 g/mol. The van der Waals surface area contributed by atoms with Crippen LogP contribution in [0.1, 0.15) is 24.1 Å². The fourth-order valence-electron chi connectivity index (χ4n) is 3.05. The van der Waals surface area contributed by atoms with Crippen molar-refractivity contribution in [3.63, 3.8) is 0 Å². The standard InChI is InChI=1S/C22H23N5O4/c1-16(28)19(12-17-8-4-2-5-9-17)24-21(29)14-31-22(30)20(27-15-23-25-26-27)13-18-10-6-3-7-11-18/h2-11,15,19-20H,12-14H2,1H3,(H,24,29)/t19-,20-/m0/s1. The molecule has 2 atom stereocenters. The lowest BCUT2D eigenvalue weighted by Gasteiger charge is -2.18. The summed E-state index contributed by atoms with van der Waals surface area (Å²) in [5.74, 6) is -1.38. The van der Waals surface area contributed by atoms with Gasteiger partial charge in [0.15, 0.2) is 18.4 Å². The third-order valence-electron chi connectivity index (χ3n) is 4.68. The molecule has 0 unspecified atom stereocenters. The van der Waals surface area contributed by atoms with E-state index in [0.717, 1.165) is 11.1 Å². The Balaban J connectivity index is 1.59. The van der Waals surface area contributed by atoms with E-state index in [2.05, 4.69) is 20.8 Å². The number of nitrogens with zero attached hydrogens (tertiary/aromatic N) is 4. The summed E-state index contributed by atoms with van der Waals surface area (Å²) in [6.45, 7) is 0.901. The molecule has 0 saturated heterocycles. The second-order valence-corrected chi connectivity index (χ2v) is 7.02. The number of tetrazole rings is 1. The molecule has 1 amide bonds. The molecule has 31 heavy (non-hydrogen) atoms. The van der Waals surface area contributed by atoms with Crippen molar-refractivity contribution in [2.24, 2.45) is 0 Å². The minimum atomic E-state index is -0.821. The topological polar surface area (TPSA) is 116 Å². The Labute approximate surface area is 179 Å². The molecule has 0 aliphatic rings. The summed E-state index contributed by atoms with van der Waals surface area (Å²) >= 11 is 0. The lowest BCUT2D eigenvalue weighted by atomic mass is 10.0. The number of ether oxygens (including phenoxy) is 1. The average molecular weight is 421 g/mol. The van der Waals surface area contributed by atoms with Gasteiger partial charge in [-0.1, -0.05) is 60.7 Å². The number of ketones is 1. The molecule has 0 spiro atoms. The van der Waals surface area contributed by atoms with Crippen LogP contribution >= 0.6 is 0 Å².